The third kappa shape index (κ3) is 3.66. The van der Waals surface area contributed by atoms with Crippen molar-refractivity contribution in [3.05, 3.63) is 23.9 Å². The van der Waals surface area contributed by atoms with Gasteiger partial charge in [0.25, 0.3) is 0 Å². The summed E-state index contributed by atoms with van der Waals surface area (Å²) in [6.45, 7) is 2.99. The van der Waals surface area contributed by atoms with E-state index < -0.39 is 0 Å². The molecule has 0 aliphatic rings. The van der Waals surface area contributed by atoms with E-state index in [0.717, 1.165) is 11.4 Å². The highest BCUT2D eigenvalue weighted by molar-refractivity contribution is 7.80. The second kappa shape index (κ2) is 6.30. The summed E-state index contributed by atoms with van der Waals surface area (Å²) in [6, 6.07) is 3.63. The average molecular weight is 266 g/mol. The van der Waals surface area contributed by atoms with E-state index in [9.17, 15) is 4.79 Å². The standard InChI is InChI=1S/C12H18N4OS/c1-4-16(8-11(17)15(2)3)10-6-5-9(7-14-10)12(13)18/h5-7H,4,8H2,1-3H3,(H2,13,18). The van der Waals surface area contributed by atoms with Crippen LogP contribution in [0.2, 0.25) is 0 Å². The van der Waals surface area contributed by atoms with E-state index >= 15 is 0 Å². The van der Waals surface area contributed by atoms with Gasteiger partial charge < -0.3 is 15.5 Å². The molecule has 0 aliphatic heterocycles. The van der Waals surface area contributed by atoms with Gasteiger partial charge in [0, 0.05) is 32.4 Å². The molecular formula is C12H18N4OS. The number of amides is 1. The monoisotopic (exact) mass is 266 g/mol. The van der Waals surface area contributed by atoms with E-state index in [0.29, 0.717) is 18.1 Å². The van der Waals surface area contributed by atoms with Crippen molar-refractivity contribution in [2.24, 2.45) is 5.73 Å². The Bertz CT molecular complexity index is 430. The van der Waals surface area contributed by atoms with Crippen LogP contribution in [0.1, 0.15) is 12.5 Å². The van der Waals surface area contributed by atoms with Crippen molar-refractivity contribution < 1.29 is 4.79 Å². The van der Waals surface area contributed by atoms with Crippen LogP contribution in [0.25, 0.3) is 0 Å². The smallest absolute Gasteiger partial charge is 0.241 e. The molecule has 0 fully saturated rings. The summed E-state index contributed by atoms with van der Waals surface area (Å²) in [5.41, 5.74) is 6.24. The van der Waals surface area contributed by atoms with Crippen LogP contribution in [0.15, 0.2) is 18.3 Å². The van der Waals surface area contributed by atoms with Gasteiger partial charge in [0.05, 0.1) is 6.54 Å². The van der Waals surface area contributed by atoms with Crippen molar-refractivity contribution in [2.45, 2.75) is 6.92 Å². The van der Waals surface area contributed by atoms with Gasteiger partial charge in [-0.15, -0.1) is 0 Å². The number of hydrogen-bond donors (Lipinski definition) is 1. The van der Waals surface area contributed by atoms with Crippen molar-refractivity contribution in [2.75, 3.05) is 32.1 Å². The Morgan fingerprint density at radius 3 is 2.50 bits per heavy atom. The van der Waals surface area contributed by atoms with Gasteiger partial charge in [0.1, 0.15) is 10.8 Å². The van der Waals surface area contributed by atoms with Gasteiger partial charge in [-0.2, -0.15) is 0 Å². The first-order valence-electron chi connectivity index (χ1n) is 5.66. The largest absolute Gasteiger partial charge is 0.389 e. The second-order valence-electron chi connectivity index (χ2n) is 4.07. The number of pyridine rings is 1. The molecule has 5 nitrogen and oxygen atoms in total. The van der Waals surface area contributed by atoms with Crippen molar-refractivity contribution >= 4 is 28.9 Å². The number of rotatable bonds is 5. The number of nitrogens with zero attached hydrogens (tertiary/aromatic N) is 3. The highest BCUT2D eigenvalue weighted by atomic mass is 32.1. The number of hydrogen-bond acceptors (Lipinski definition) is 4. The fourth-order valence-electron chi connectivity index (χ4n) is 1.38. The number of likely N-dealkylation sites (N-methyl/N-ethyl adjacent to an activating group) is 2. The second-order valence-corrected chi connectivity index (χ2v) is 4.51. The molecule has 1 amide bonds. The molecule has 0 saturated carbocycles. The van der Waals surface area contributed by atoms with E-state index in [4.69, 9.17) is 18.0 Å². The fraction of sp³-hybridized carbons (Fsp3) is 0.417. The summed E-state index contributed by atoms with van der Waals surface area (Å²) < 4.78 is 0. The van der Waals surface area contributed by atoms with Crippen LogP contribution in [0.4, 0.5) is 5.82 Å². The number of thiocarbonyl (C=S) groups is 1. The van der Waals surface area contributed by atoms with Gasteiger partial charge in [-0.1, -0.05) is 12.2 Å². The molecule has 0 aromatic carbocycles. The highest BCUT2D eigenvalue weighted by Crippen LogP contribution is 2.11. The Balaban J connectivity index is 2.82. The van der Waals surface area contributed by atoms with Gasteiger partial charge in [0.15, 0.2) is 0 Å². The summed E-state index contributed by atoms with van der Waals surface area (Å²) in [5.74, 6) is 0.782. The van der Waals surface area contributed by atoms with Crippen LogP contribution in [0.3, 0.4) is 0 Å². The summed E-state index contributed by atoms with van der Waals surface area (Å²) >= 11 is 4.87. The molecule has 0 saturated heterocycles. The van der Waals surface area contributed by atoms with Crippen LogP contribution < -0.4 is 10.6 Å². The Labute approximate surface area is 113 Å². The fourth-order valence-corrected chi connectivity index (χ4v) is 1.50. The summed E-state index contributed by atoms with van der Waals surface area (Å²) in [6.07, 6.45) is 1.63. The molecule has 6 heteroatoms. The molecule has 18 heavy (non-hydrogen) atoms. The molecule has 0 unspecified atom stereocenters. The summed E-state index contributed by atoms with van der Waals surface area (Å²) in [7, 11) is 3.47. The average Bonchev–Trinajstić information content (AvgIpc) is 2.35. The Morgan fingerprint density at radius 2 is 2.11 bits per heavy atom. The van der Waals surface area contributed by atoms with Crippen LogP contribution in [0.5, 0.6) is 0 Å². The Morgan fingerprint density at radius 1 is 1.44 bits per heavy atom. The van der Waals surface area contributed by atoms with Crippen LogP contribution in [-0.4, -0.2) is 48.0 Å². The number of carbonyl (C=O) groups is 1. The van der Waals surface area contributed by atoms with Gasteiger partial charge >= 0.3 is 0 Å². The van der Waals surface area contributed by atoms with Crippen molar-refractivity contribution in [1.29, 1.82) is 0 Å². The van der Waals surface area contributed by atoms with Crippen molar-refractivity contribution in [3.63, 3.8) is 0 Å². The lowest BCUT2D eigenvalue weighted by Crippen LogP contribution is -2.37. The third-order valence-electron chi connectivity index (χ3n) is 2.56. The van der Waals surface area contributed by atoms with E-state index in [1.54, 1.807) is 25.2 Å². The van der Waals surface area contributed by atoms with E-state index in [2.05, 4.69) is 4.98 Å². The van der Waals surface area contributed by atoms with Gasteiger partial charge in [0.2, 0.25) is 5.91 Å². The predicted octanol–water partition coefficient (Wildman–Crippen LogP) is 0.630. The third-order valence-corrected chi connectivity index (χ3v) is 2.80. The Kier molecular flexibility index (Phi) is 5.03. The lowest BCUT2D eigenvalue weighted by atomic mass is 10.3. The zero-order chi connectivity index (χ0) is 13.7. The minimum atomic E-state index is 0.0390. The van der Waals surface area contributed by atoms with Crippen LogP contribution in [0, 0.1) is 0 Å². The maximum absolute atomic E-state index is 11.7. The molecule has 1 rings (SSSR count). The van der Waals surface area contributed by atoms with Gasteiger partial charge in [-0.25, -0.2) is 4.98 Å². The lowest BCUT2D eigenvalue weighted by Gasteiger charge is -2.23. The van der Waals surface area contributed by atoms with E-state index in [1.165, 1.54) is 0 Å². The minimum absolute atomic E-state index is 0.0390. The maximum Gasteiger partial charge on any atom is 0.241 e. The van der Waals surface area contributed by atoms with Crippen molar-refractivity contribution in [3.8, 4) is 0 Å². The zero-order valence-electron chi connectivity index (χ0n) is 10.9. The SMILES string of the molecule is CCN(CC(=O)N(C)C)c1ccc(C(N)=S)cn1. The van der Waals surface area contributed by atoms with E-state index in [-0.39, 0.29) is 5.91 Å². The molecule has 0 radical (unpaired) electrons. The first kappa shape index (κ1) is 14.4. The molecule has 0 bridgehead atoms. The summed E-state index contributed by atoms with van der Waals surface area (Å²) in [5, 5.41) is 0. The molecule has 0 spiro atoms. The van der Waals surface area contributed by atoms with Gasteiger partial charge in [-0.05, 0) is 19.1 Å². The number of aromatic nitrogens is 1. The maximum atomic E-state index is 11.7. The number of nitrogens with two attached hydrogens (primary N) is 1. The first-order chi connectivity index (χ1) is 8.45. The molecule has 1 heterocycles. The minimum Gasteiger partial charge on any atom is -0.389 e. The molecule has 2 N–H and O–H groups in total. The summed E-state index contributed by atoms with van der Waals surface area (Å²) in [4.78, 5) is 19.7. The number of carbonyl (C=O) groups excluding carboxylic acids is 1. The highest BCUT2D eigenvalue weighted by Gasteiger charge is 2.12. The first-order valence-corrected chi connectivity index (χ1v) is 6.07. The number of anilines is 1. The Hall–Kier alpha value is -1.69. The molecule has 0 aliphatic carbocycles. The quantitative estimate of drug-likeness (QED) is 0.792. The molecule has 0 atom stereocenters. The van der Waals surface area contributed by atoms with Crippen LogP contribution >= 0.6 is 12.2 Å². The lowest BCUT2D eigenvalue weighted by molar-refractivity contribution is -0.127. The normalized spacial score (nSPS) is 9.94. The molecular weight excluding hydrogens is 248 g/mol. The van der Waals surface area contributed by atoms with Crippen molar-refractivity contribution in [1.82, 2.24) is 9.88 Å². The molecule has 1 aromatic rings. The zero-order valence-corrected chi connectivity index (χ0v) is 11.7. The topological polar surface area (TPSA) is 62.5 Å². The van der Waals surface area contributed by atoms with E-state index in [1.807, 2.05) is 24.0 Å². The van der Waals surface area contributed by atoms with Gasteiger partial charge in [-0.3, -0.25) is 4.79 Å². The van der Waals surface area contributed by atoms with Crippen LogP contribution in [-0.2, 0) is 4.79 Å². The predicted molar refractivity (Wildman–Crippen MR) is 76.7 cm³/mol. The molecule has 1 aromatic heterocycles. The molecule has 98 valence electrons.